The molecule has 2 rings (SSSR count). The molecule has 0 aliphatic carbocycles. The summed E-state index contributed by atoms with van der Waals surface area (Å²) < 4.78 is 5.48. The minimum atomic E-state index is -0.561. The fourth-order valence-electron chi connectivity index (χ4n) is 2.01. The lowest BCUT2D eigenvalue weighted by molar-refractivity contribution is -0.123. The maximum absolute atomic E-state index is 12.1. The van der Waals surface area contributed by atoms with Gasteiger partial charge in [0.05, 0.1) is 6.10 Å². The number of hydrogen-bond acceptors (Lipinski definition) is 3. The Morgan fingerprint density at radius 1 is 1.47 bits per heavy atom. The third kappa shape index (κ3) is 3.07. The van der Waals surface area contributed by atoms with E-state index in [2.05, 4.69) is 5.32 Å². The van der Waals surface area contributed by atoms with E-state index < -0.39 is 6.10 Å². The molecule has 0 aromatic heterocycles. The van der Waals surface area contributed by atoms with Gasteiger partial charge in [-0.3, -0.25) is 4.79 Å². The number of hydrogen-bond donors (Lipinski definition) is 2. The average Bonchev–Trinajstić information content (AvgIpc) is 2.78. The van der Waals surface area contributed by atoms with Gasteiger partial charge in [0.2, 0.25) is 5.91 Å². The second kappa shape index (κ2) is 5.21. The molecule has 104 valence electrons. The van der Waals surface area contributed by atoms with Gasteiger partial charge < -0.3 is 15.2 Å². The molecule has 1 aromatic rings. The number of carbonyl (C=O) groups is 1. The van der Waals surface area contributed by atoms with E-state index in [1.807, 2.05) is 45.0 Å². The van der Waals surface area contributed by atoms with Crippen molar-refractivity contribution in [3.05, 3.63) is 29.8 Å². The molecule has 1 amide bonds. The Kier molecular flexibility index (Phi) is 3.80. The van der Waals surface area contributed by atoms with E-state index in [9.17, 15) is 9.90 Å². The molecular weight excluding hydrogens is 242 g/mol. The van der Waals surface area contributed by atoms with Gasteiger partial charge in [0.15, 0.2) is 0 Å². The summed E-state index contributed by atoms with van der Waals surface area (Å²) in [5.74, 6) is 0.413. The Bertz CT molecular complexity index is 465. The van der Waals surface area contributed by atoms with Crippen LogP contribution in [0.4, 0.5) is 0 Å². The van der Waals surface area contributed by atoms with Crippen molar-refractivity contribution in [3.8, 4) is 5.75 Å². The Labute approximate surface area is 113 Å². The van der Waals surface area contributed by atoms with E-state index in [0.717, 1.165) is 11.3 Å². The van der Waals surface area contributed by atoms with Crippen molar-refractivity contribution in [3.63, 3.8) is 0 Å². The van der Waals surface area contributed by atoms with Crippen molar-refractivity contribution < 1.29 is 14.6 Å². The molecule has 0 bridgehead atoms. The Balaban J connectivity index is 1.96. The third-order valence-electron chi connectivity index (χ3n) is 3.49. The number of nitrogens with one attached hydrogen (secondary N) is 1. The molecule has 0 fully saturated rings. The van der Waals surface area contributed by atoms with E-state index in [4.69, 9.17) is 4.74 Å². The minimum absolute atomic E-state index is 0.0896. The van der Waals surface area contributed by atoms with Gasteiger partial charge in [-0.2, -0.15) is 0 Å². The van der Waals surface area contributed by atoms with Crippen LogP contribution in [0.1, 0.15) is 32.3 Å². The van der Waals surface area contributed by atoms with Crippen molar-refractivity contribution in [2.75, 3.05) is 13.2 Å². The van der Waals surface area contributed by atoms with Crippen molar-refractivity contribution in [1.82, 2.24) is 5.32 Å². The number of rotatable bonds is 3. The van der Waals surface area contributed by atoms with Crippen molar-refractivity contribution >= 4 is 5.91 Å². The summed E-state index contributed by atoms with van der Waals surface area (Å²) in [6.45, 7) is 6.46. The molecule has 4 nitrogen and oxygen atoms in total. The predicted octanol–water partition coefficient (Wildman–Crippen LogP) is 1.69. The highest BCUT2D eigenvalue weighted by Gasteiger charge is 2.31. The molecule has 1 aliphatic rings. The molecule has 2 atom stereocenters. The summed E-state index contributed by atoms with van der Waals surface area (Å²) in [4.78, 5) is 12.1. The maximum Gasteiger partial charge on any atom is 0.231 e. The summed E-state index contributed by atoms with van der Waals surface area (Å²) in [6, 6.07) is 7.57. The molecule has 19 heavy (non-hydrogen) atoms. The average molecular weight is 263 g/mol. The first-order valence-corrected chi connectivity index (χ1v) is 6.57. The number of carbonyl (C=O) groups excluding carboxylic acids is 1. The molecule has 0 radical (unpaired) electrons. The molecule has 0 saturated heterocycles. The first-order valence-electron chi connectivity index (χ1n) is 6.57. The lowest BCUT2D eigenvalue weighted by Crippen LogP contribution is -2.41. The molecule has 1 aromatic carbocycles. The minimum Gasteiger partial charge on any atom is -0.492 e. The zero-order valence-electron chi connectivity index (χ0n) is 11.6. The standard InChI is InChI=1S/C15H21NO3/c1-15(2,3)13(17)8-16-14(18)11-9-19-12-7-5-4-6-10(11)12/h4-7,11,13,17H,8-9H2,1-3H3,(H,16,18). The van der Waals surface area contributed by atoms with Crippen LogP contribution in [-0.2, 0) is 4.79 Å². The van der Waals surface area contributed by atoms with Crippen molar-refractivity contribution in [1.29, 1.82) is 0 Å². The maximum atomic E-state index is 12.1. The highest BCUT2D eigenvalue weighted by atomic mass is 16.5. The van der Waals surface area contributed by atoms with E-state index in [0.29, 0.717) is 6.61 Å². The summed E-state index contributed by atoms with van der Waals surface area (Å²) >= 11 is 0. The fourth-order valence-corrected chi connectivity index (χ4v) is 2.01. The second-order valence-corrected chi connectivity index (χ2v) is 6.03. The SMILES string of the molecule is CC(C)(C)C(O)CNC(=O)C1COc2ccccc21. The van der Waals surface area contributed by atoms with Gasteiger partial charge in [-0.15, -0.1) is 0 Å². The quantitative estimate of drug-likeness (QED) is 0.872. The van der Waals surface area contributed by atoms with Crippen molar-refractivity contribution in [2.45, 2.75) is 32.8 Å². The number of benzene rings is 1. The second-order valence-electron chi connectivity index (χ2n) is 6.03. The van der Waals surface area contributed by atoms with Gasteiger partial charge >= 0.3 is 0 Å². The summed E-state index contributed by atoms with van der Waals surface area (Å²) in [6.07, 6.45) is -0.561. The fraction of sp³-hybridized carbons (Fsp3) is 0.533. The summed E-state index contributed by atoms with van der Waals surface area (Å²) in [5, 5.41) is 12.7. The molecular formula is C15H21NO3. The Morgan fingerprint density at radius 3 is 2.84 bits per heavy atom. The number of aliphatic hydroxyl groups is 1. The molecule has 4 heteroatoms. The van der Waals surface area contributed by atoms with Crippen LogP contribution < -0.4 is 10.1 Å². The van der Waals surface area contributed by atoms with Crippen LogP contribution in [0.5, 0.6) is 5.75 Å². The Morgan fingerprint density at radius 2 is 2.16 bits per heavy atom. The lowest BCUT2D eigenvalue weighted by atomic mass is 9.89. The normalized spacial score (nSPS) is 19.5. The lowest BCUT2D eigenvalue weighted by Gasteiger charge is -2.26. The molecule has 0 saturated carbocycles. The number of ether oxygens (including phenoxy) is 1. The summed E-state index contributed by atoms with van der Waals surface area (Å²) in [5.41, 5.74) is 0.683. The number of para-hydroxylation sites is 1. The van der Waals surface area contributed by atoms with Crippen LogP contribution >= 0.6 is 0 Å². The van der Waals surface area contributed by atoms with E-state index in [-0.39, 0.29) is 23.8 Å². The van der Waals surface area contributed by atoms with Crippen LogP contribution in [0.25, 0.3) is 0 Å². The van der Waals surface area contributed by atoms with Crippen LogP contribution in [-0.4, -0.2) is 30.3 Å². The predicted molar refractivity (Wildman–Crippen MR) is 73.1 cm³/mol. The first kappa shape index (κ1) is 13.9. The molecule has 2 unspecified atom stereocenters. The number of amides is 1. The van der Waals surface area contributed by atoms with Gasteiger partial charge in [-0.1, -0.05) is 39.0 Å². The molecule has 2 N–H and O–H groups in total. The number of aliphatic hydroxyl groups excluding tert-OH is 1. The van der Waals surface area contributed by atoms with E-state index in [1.54, 1.807) is 0 Å². The zero-order chi connectivity index (χ0) is 14.0. The van der Waals surface area contributed by atoms with Gasteiger partial charge in [0.1, 0.15) is 18.3 Å². The van der Waals surface area contributed by atoms with E-state index >= 15 is 0 Å². The van der Waals surface area contributed by atoms with E-state index in [1.165, 1.54) is 0 Å². The third-order valence-corrected chi connectivity index (χ3v) is 3.49. The van der Waals surface area contributed by atoms with Crippen molar-refractivity contribution in [2.24, 2.45) is 5.41 Å². The van der Waals surface area contributed by atoms with Gasteiger partial charge in [-0.05, 0) is 11.5 Å². The number of fused-ring (bicyclic) bond motifs is 1. The summed E-state index contributed by atoms with van der Waals surface area (Å²) in [7, 11) is 0. The largest absolute Gasteiger partial charge is 0.492 e. The van der Waals surface area contributed by atoms with Crippen LogP contribution in [0.3, 0.4) is 0 Å². The van der Waals surface area contributed by atoms with Crippen LogP contribution in [0.2, 0.25) is 0 Å². The highest BCUT2D eigenvalue weighted by Crippen LogP contribution is 2.33. The van der Waals surface area contributed by atoms with Crippen LogP contribution in [0.15, 0.2) is 24.3 Å². The molecule has 1 heterocycles. The molecule has 1 aliphatic heterocycles. The highest BCUT2D eigenvalue weighted by molar-refractivity contribution is 5.85. The molecule has 0 spiro atoms. The topological polar surface area (TPSA) is 58.6 Å². The van der Waals surface area contributed by atoms with Gasteiger partial charge in [0.25, 0.3) is 0 Å². The van der Waals surface area contributed by atoms with Gasteiger partial charge in [0, 0.05) is 12.1 Å². The Hall–Kier alpha value is -1.55. The van der Waals surface area contributed by atoms with Crippen LogP contribution in [0, 0.1) is 5.41 Å². The zero-order valence-corrected chi connectivity index (χ0v) is 11.6. The monoisotopic (exact) mass is 263 g/mol. The first-order chi connectivity index (χ1) is 8.89. The smallest absolute Gasteiger partial charge is 0.231 e. The van der Waals surface area contributed by atoms with Gasteiger partial charge in [-0.25, -0.2) is 0 Å².